The quantitative estimate of drug-likeness (QED) is 0.834. The second-order valence-electron chi connectivity index (χ2n) is 3.01. The summed E-state index contributed by atoms with van der Waals surface area (Å²) >= 11 is 0. The van der Waals surface area contributed by atoms with Gasteiger partial charge < -0.3 is 9.52 Å². The number of rotatable bonds is 3. The number of oxazole rings is 1. The van der Waals surface area contributed by atoms with E-state index in [0.717, 1.165) is 0 Å². The molecule has 2 aromatic heterocycles. The molecule has 0 aromatic carbocycles. The van der Waals surface area contributed by atoms with Crippen LogP contribution >= 0.6 is 0 Å². The molecule has 0 bridgehead atoms. The summed E-state index contributed by atoms with van der Waals surface area (Å²) in [5.41, 5.74) is 1.04. The summed E-state index contributed by atoms with van der Waals surface area (Å²) < 4.78 is 17.2. The van der Waals surface area contributed by atoms with Gasteiger partial charge in [-0.1, -0.05) is 6.07 Å². The van der Waals surface area contributed by atoms with Crippen molar-refractivity contribution in [3.8, 4) is 11.5 Å². The van der Waals surface area contributed by atoms with Crippen molar-refractivity contribution >= 4 is 0 Å². The molecule has 0 spiro atoms. The Morgan fingerprint density at radius 3 is 2.80 bits per heavy atom. The van der Waals surface area contributed by atoms with Crippen molar-refractivity contribution in [1.29, 1.82) is 0 Å². The lowest BCUT2D eigenvalue weighted by Crippen LogP contribution is -1.99. The van der Waals surface area contributed by atoms with Gasteiger partial charge in [-0.05, 0) is 6.07 Å². The smallest absolute Gasteiger partial charge is 0.181 e. The lowest BCUT2D eigenvalue weighted by Gasteiger charge is -2.05. The van der Waals surface area contributed by atoms with Crippen molar-refractivity contribution in [2.75, 3.05) is 6.67 Å². The zero-order valence-corrected chi connectivity index (χ0v) is 7.80. The molecule has 0 radical (unpaired) electrons. The summed E-state index contributed by atoms with van der Waals surface area (Å²) in [7, 11) is 0. The summed E-state index contributed by atoms with van der Waals surface area (Å²) in [6, 6.07) is 3.25. The van der Waals surface area contributed by atoms with Crippen LogP contribution in [0.4, 0.5) is 4.39 Å². The topological polar surface area (TPSA) is 59.2 Å². The number of alkyl halides is 1. The van der Waals surface area contributed by atoms with E-state index in [9.17, 15) is 9.50 Å². The van der Waals surface area contributed by atoms with E-state index in [0.29, 0.717) is 17.0 Å². The Hall–Kier alpha value is -1.75. The van der Waals surface area contributed by atoms with Crippen molar-refractivity contribution in [3.05, 3.63) is 36.5 Å². The number of aromatic nitrogens is 2. The number of hydrogen-bond acceptors (Lipinski definition) is 4. The van der Waals surface area contributed by atoms with Crippen LogP contribution < -0.4 is 0 Å². The minimum absolute atomic E-state index is 0.445. The van der Waals surface area contributed by atoms with Gasteiger partial charge in [0, 0.05) is 11.8 Å². The van der Waals surface area contributed by atoms with Gasteiger partial charge >= 0.3 is 0 Å². The monoisotopic (exact) mass is 208 g/mol. The van der Waals surface area contributed by atoms with Crippen molar-refractivity contribution in [2.45, 2.75) is 6.10 Å². The van der Waals surface area contributed by atoms with Gasteiger partial charge in [-0.25, -0.2) is 9.37 Å². The van der Waals surface area contributed by atoms with E-state index in [2.05, 4.69) is 9.97 Å². The molecule has 0 saturated carbocycles. The summed E-state index contributed by atoms with van der Waals surface area (Å²) in [6.45, 7) is -0.816. The van der Waals surface area contributed by atoms with E-state index in [1.807, 2.05) is 0 Å². The molecule has 2 aromatic rings. The van der Waals surface area contributed by atoms with Crippen LogP contribution in [-0.2, 0) is 0 Å². The molecule has 78 valence electrons. The molecule has 0 fully saturated rings. The maximum Gasteiger partial charge on any atom is 0.181 e. The molecule has 0 aliphatic heterocycles. The number of aliphatic hydroxyl groups excluding tert-OH is 1. The van der Waals surface area contributed by atoms with Gasteiger partial charge in [0.15, 0.2) is 12.2 Å². The maximum atomic E-state index is 12.1. The molecular formula is C10H9FN2O2. The summed E-state index contributed by atoms with van der Waals surface area (Å²) in [6.07, 6.45) is 3.15. The van der Waals surface area contributed by atoms with Crippen LogP contribution in [-0.4, -0.2) is 21.7 Å². The Kier molecular flexibility index (Phi) is 2.73. The van der Waals surface area contributed by atoms with E-state index in [4.69, 9.17) is 4.42 Å². The summed E-state index contributed by atoms with van der Waals surface area (Å²) in [4.78, 5) is 7.79. The van der Waals surface area contributed by atoms with Crippen LogP contribution in [0.3, 0.4) is 0 Å². The zero-order valence-electron chi connectivity index (χ0n) is 7.80. The molecule has 4 nitrogen and oxygen atoms in total. The van der Waals surface area contributed by atoms with Crippen LogP contribution in [0.15, 0.2) is 35.3 Å². The van der Waals surface area contributed by atoms with Gasteiger partial charge in [-0.15, -0.1) is 0 Å². The second kappa shape index (κ2) is 4.18. The first-order chi connectivity index (χ1) is 7.31. The predicted octanol–water partition coefficient (Wildman–Crippen LogP) is 1.74. The Morgan fingerprint density at radius 1 is 1.40 bits per heavy atom. The highest BCUT2D eigenvalue weighted by atomic mass is 19.1. The lowest BCUT2D eigenvalue weighted by molar-refractivity contribution is 0.141. The van der Waals surface area contributed by atoms with E-state index >= 15 is 0 Å². The molecule has 0 amide bonds. The van der Waals surface area contributed by atoms with Crippen LogP contribution in [0, 0.1) is 0 Å². The zero-order chi connectivity index (χ0) is 10.7. The van der Waals surface area contributed by atoms with Crippen molar-refractivity contribution in [2.24, 2.45) is 0 Å². The van der Waals surface area contributed by atoms with E-state index in [-0.39, 0.29) is 0 Å². The highest BCUT2D eigenvalue weighted by Crippen LogP contribution is 2.18. The molecule has 0 aliphatic carbocycles. The van der Waals surface area contributed by atoms with Crippen LogP contribution in [0.5, 0.6) is 0 Å². The van der Waals surface area contributed by atoms with Crippen LogP contribution in [0.2, 0.25) is 0 Å². The molecule has 0 saturated heterocycles. The molecule has 1 atom stereocenters. The molecule has 0 aliphatic rings. The number of halogens is 1. The number of nitrogens with zero attached hydrogens (tertiary/aromatic N) is 2. The fraction of sp³-hybridized carbons (Fsp3) is 0.200. The van der Waals surface area contributed by atoms with Gasteiger partial charge in [0.25, 0.3) is 0 Å². The largest absolute Gasteiger partial charge is 0.442 e. The predicted molar refractivity (Wildman–Crippen MR) is 50.7 cm³/mol. The molecule has 1 unspecified atom stereocenters. The third kappa shape index (κ3) is 2.02. The normalized spacial score (nSPS) is 12.7. The highest BCUT2D eigenvalue weighted by Gasteiger charge is 2.08. The maximum absolute atomic E-state index is 12.1. The molecule has 2 rings (SSSR count). The van der Waals surface area contributed by atoms with E-state index in [1.165, 1.54) is 18.8 Å². The van der Waals surface area contributed by atoms with E-state index in [1.54, 1.807) is 12.1 Å². The first kappa shape index (κ1) is 9.79. The molecule has 15 heavy (non-hydrogen) atoms. The fourth-order valence-corrected chi connectivity index (χ4v) is 1.18. The van der Waals surface area contributed by atoms with Crippen molar-refractivity contribution < 1.29 is 13.9 Å². The van der Waals surface area contributed by atoms with Gasteiger partial charge in [0.1, 0.15) is 18.5 Å². The number of hydrogen-bond donors (Lipinski definition) is 1. The number of aliphatic hydroxyl groups is 1. The van der Waals surface area contributed by atoms with E-state index < -0.39 is 12.8 Å². The SMILES string of the molecule is OC(CF)c1ccc(-c2cnco2)nc1. The molecular weight excluding hydrogens is 199 g/mol. The minimum Gasteiger partial charge on any atom is -0.442 e. The van der Waals surface area contributed by atoms with Crippen molar-refractivity contribution in [3.63, 3.8) is 0 Å². The third-order valence-corrected chi connectivity index (χ3v) is 2.00. The third-order valence-electron chi connectivity index (χ3n) is 2.00. The average Bonchev–Trinajstić information content (AvgIpc) is 2.82. The van der Waals surface area contributed by atoms with Gasteiger partial charge in [0.2, 0.25) is 0 Å². The molecule has 1 N–H and O–H groups in total. The lowest BCUT2D eigenvalue weighted by atomic mass is 10.1. The Morgan fingerprint density at radius 2 is 2.27 bits per heavy atom. The summed E-state index contributed by atoms with van der Waals surface area (Å²) in [5.74, 6) is 0.538. The summed E-state index contributed by atoms with van der Waals surface area (Å²) in [5, 5.41) is 9.20. The van der Waals surface area contributed by atoms with Crippen LogP contribution in [0.25, 0.3) is 11.5 Å². The number of pyridine rings is 1. The first-order valence-corrected chi connectivity index (χ1v) is 4.40. The Balaban J connectivity index is 2.25. The van der Waals surface area contributed by atoms with Gasteiger partial charge in [0.05, 0.1) is 6.20 Å². The first-order valence-electron chi connectivity index (χ1n) is 4.40. The average molecular weight is 208 g/mol. The highest BCUT2D eigenvalue weighted by molar-refractivity contribution is 5.50. The molecule has 2 heterocycles. The van der Waals surface area contributed by atoms with Gasteiger partial charge in [-0.3, -0.25) is 4.98 Å². The van der Waals surface area contributed by atoms with Gasteiger partial charge in [-0.2, -0.15) is 0 Å². The fourth-order valence-electron chi connectivity index (χ4n) is 1.18. The second-order valence-corrected chi connectivity index (χ2v) is 3.01. The van der Waals surface area contributed by atoms with Crippen LogP contribution in [0.1, 0.15) is 11.7 Å². The Labute approximate surface area is 85.4 Å². The molecule has 5 heteroatoms. The standard InChI is InChI=1S/C10H9FN2O2/c11-3-9(14)7-1-2-8(13-4-7)10-5-12-6-15-10/h1-2,4-6,9,14H,3H2. The minimum atomic E-state index is -1.11. The van der Waals surface area contributed by atoms with Crippen molar-refractivity contribution in [1.82, 2.24) is 9.97 Å². The Bertz CT molecular complexity index is 413.